The van der Waals surface area contributed by atoms with E-state index in [1.54, 1.807) is 0 Å². The van der Waals surface area contributed by atoms with Gasteiger partial charge in [0.25, 0.3) is 5.56 Å². The van der Waals surface area contributed by atoms with E-state index in [0.29, 0.717) is 24.4 Å². The van der Waals surface area contributed by atoms with Crippen molar-refractivity contribution in [3.63, 3.8) is 0 Å². The average molecular weight is 469 g/mol. The number of hydrogen-bond acceptors (Lipinski definition) is 6. The molecule has 0 unspecified atom stereocenters. The van der Waals surface area contributed by atoms with Crippen LogP contribution in [0.2, 0.25) is 0 Å². The molecule has 6 rings (SSSR count). The van der Waals surface area contributed by atoms with Crippen molar-refractivity contribution >= 4 is 22.4 Å². The normalized spacial score (nSPS) is 12.4. The lowest BCUT2D eigenvalue weighted by Crippen LogP contribution is -2.11. The van der Waals surface area contributed by atoms with Crippen molar-refractivity contribution in [3.8, 4) is 28.5 Å². The van der Waals surface area contributed by atoms with E-state index in [-0.39, 0.29) is 12.4 Å². The maximum Gasteiger partial charge on any atom is 0.258 e. The van der Waals surface area contributed by atoms with Crippen LogP contribution in [0.5, 0.6) is 17.2 Å². The van der Waals surface area contributed by atoms with Crippen molar-refractivity contribution in [3.05, 3.63) is 82.3 Å². The minimum Gasteiger partial charge on any atom is -0.494 e. The Labute approximate surface area is 201 Å². The van der Waals surface area contributed by atoms with Gasteiger partial charge in [0.15, 0.2) is 11.5 Å². The second-order valence-corrected chi connectivity index (χ2v) is 8.48. The Bertz CT molecular complexity index is 1640. The van der Waals surface area contributed by atoms with Gasteiger partial charge in [-0.1, -0.05) is 6.07 Å². The summed E-state index contributed by atoms with van der Waals surface area (Å²) in [5.41, 5.74) is 4.49. The van der Waals surface area contributed by atoms with Gasteiger partial charge in [-0.15, -0.1) is 0 Å². The molecule has 1 aliphatic heterocycles. The summed E-state index contributed by atoms with van der Waals surface area (Å²) in [5.74, 6) is 2.97. The Balaban J connectivity index is 1.45. The molecule has 8 nitrogen and oxygen atoms in total. The van der Waals surface area contributed by atoms with Gasteiger partial charge in [-0.2, -0.15) is 0 Å². The molecule has 3 aromatic heterocycles. The molecule has 0 spiro atoms. The van der Waals surface area contributed by atoms with Crippen LogP contribution in [0.25, 0.3) is 27.8 Å². The fourth-order valence-corrected chi connectivity index (χ4v) is 4.36. The van der Waals surface area contributed by atoms with Crippen molar-refractivity contribution in [2.75, 3.05) is 18.7 Å². The third-order valence-corrected chi connectivity index (χ3v) is 6.06. The number of benzene rings is 2. The SMILES string of the molecule is CCOc1ccc2[nH]c(=O)c(-c3nc4cc(C)ccn4c3NCc3ccc4c(c3)OCO4)cc2c1. The van der Waals surface area contributed by atoms with Gasteiger partial charge in [-0.25, -0.2) is 4.98 Å². The molecule has 0 atom stereocenters. The van der Waals surface area contributed by atoms with Crippen molar-refractivity contribution in [2.24, 2.45) is 0 Å². The summed E-state index contributed by atoms with van der Waals surface area (Å²) in [6, 6.07) is 17.4. The highest BCUT2D eigenvalue weighted by Gasteiger charge is 2.19. The highest BCUT2D eigenvalue weighted by Crippen LogP contribution is 2.34. The first-order chi connectivity index (χ1) is 17.1. The fraction of sp³-hybridized carbons (Fsp3) is 0.185. The third-order valence-electron chi connectivity index (χ3n) is 6.06. The molecule has 176 valence electrons. The van der Waals surface area contributed by atoms with Gasteiger partial charge in [0.05, 0.1) is 12.2 Å². The van der Waals surface area contributed by atoms with Crippen LogP contribution in [0.15, 0.2) is 65.6 Å². The molecule has 0 amide bonds. The largest absolute Gasteiger partial charge is 0.494 e. The standard InChI is InChI=1S/C27H24N4O4/c1-3-33-19-5-6-21-18(12-19)13-20(27(32)29-21)25-26(31-9-8-16(2)10-24(31)30-25)28-14-17-4-7-22-23(11-17)35-15-34-22/h4-13,28H,3,14-15H2,1-2H3,(H,29,32). The molecule has 4 heterocycles. The second-order valence-electron chi connectivity index (χ2n) is 8.48. The smallest absolute Gasteiger partial charge is 0.258 e. The Morgan fingerprint density at radius 2 is 1.97 bits per heavy atom. The van der Waals surface area contributed by atoms with E-state index in [1.165, 1.54) is 0 Å². The van der Waals surface area contributed by atoms with Crippen LogP contribution in [0, 0.1) is 6.92 Å². The van der Waals surface area contributed by atoms with Gasteiger partial charge in [-0.05, 0) is 73.5 Å². The molecule has 0 saturated heterocycles. The number of imidazole rings is 1. The van der Waals surface area contributed by atoms with E-state index in [4.69, 9.17) is 19.2 Å². The van der Waals surface area contributed by atoms with E-state index in [2.05, 4.69) is 10.3 Å². The first-order valence-corrected chi connectivity index (χ1v) is 11.5. The summed E-state index contributed by atoms with van der Waals surface area (Å²) >= 11 is 0. The molecule has 1 aliphatic rings. The van der Waals surface area contributed by atoms with E-state index in [1.807, 2.05) is 79.0 Å². The topological polar surface area (TPSA) is 89.9 Å². The first kappa shape index (κ1) is 21.1. The third kappa shape index (κ3) is 3.82. The number of nitrogens with one attached hydrogen (secondary N) is 2. The molecule has 0 fully saturated rings. The second kappa shape index (κ2) is 8.39. The van der Waals surface area contributed by atoms with Crippen LogP contribution in [0.1, 0.15) is 18.1 Å². The summed E-state index contributed by atoms with van der Waals surface area (Å²) in [6.07, 6.45) is 1.96. The molecular formula is C27H24N4O4. The fourth-order valence-electron chi connectivity index (χ4n) is 4.36. The zero-order chi connectivity index (χ0) is 23.9. The lowest BCUT2D eigenvalue weighted by Gasteiger charge is -2.10. The Morgan fingerprint density at radius 1 is 1.09 bits per heavy atom. The predicted octanol–water partition coefficient (Wildman–Crippen LogP) is 4.89. The highest BCUT2D eigenvalue weighted by atomic mass is 16.7. The summed E-state index contributed by atoms with van der Waals surface area (Å²) in [5, 5.41) is 4.37. The Hall–Kier alpha value is -4.46. The number of aryl methyl sites for hydroxylation is 1. The average Bonchev–Trinajstić information content (AvgIpc) is 3.46. The zero-order valence-corrected chi connectivity index (χ0v) is 19.4. The number of aromatic amines is 1. The summed E-state index contributed by atoms with van der Waals surface area (Å²) in [6.45, 7) is 5.29. The monoisotopic (exact) mass is 468 g/mol. The van der Waals surface area contributed by atoms with E-state index in [0.717, 1.165) is 50.7 Å². The first-order valence-electron chi connectivity index (χ1n) is 11.5. The Kier molecular flexibility index (Phi) is 5.06. The number of hydrogen-bond donors (Lipinski definition) is 2. The molecule has 5 aromatic rings. The number of aromatic nitrogens is 3. The lowest BCUT2D eigenvalue weighted by molar-refractivity contribution is 0.174. The molecule has 35 heavy (non-hydrogen) atoms. The molecule has 0 aliphatic carbocycles. The van der Waals surface area contributed by atoms with E-state index >= 15 is 0 Å². The lowest BCUT2D eigenvalue weighted by atomic mass is 10.1. The van der Waals surface area contributed by atoms with Crippen LogP contribution in [-0.4, -0.2) is 27.8 Å². The van der Waals surface area contributed by atoms with Gasteiger partial charge in [0.1, 0.15) is 22.9 Å². The quantitative estimate of drug-likeness (QED) is 0.369. The summed E-state index contributed by atoms with van der Waals surface area (Å²) in [7, 11) is 0. The van der Waals surface area contributed by atoms with Crippen molar-refractivity contribution in [1.82, 2.24) is 14.4 Å². The molecule has 8 heteroatoms. The molecule has 0 radical (unpaired) electrons. The number of H-pyrrole nitrogens is 1. The minimum atomic E-state index is -0.201. The minimum absolute atomic E-state index is 0.201. The molecule has 2 N–H and O–H groups in total. The molecule has 2 aromatic carbocycles. The van der Waals surface area contributed by atoms with Gasteiger partial charge in [0, 0.05) is 23.6 Å². The molecular weight excluding hydrogens is 444 g/mol. The molecule has 0 bridgehead atoms. The van der Waals surface area contributed by atoms with E-state index in [9.17, 15) is 4.79 Å². The van der Waals surface area contributed by atoms with Crippen LogP contribution in [-0.2, 0) is 6.54 Å². The number of rotatable bonds is 6. The highest BCUT2D eigenvalue weighted by molar-refractivity contribution is 5.87. The van der Waals surface area contributed by atoms with Gasteiger partial charge in [0.2, 0.25) is 6.79 Å². The van der Waals surface area contributed by atoms with Gasteiger partial charge >= 0.3 is 0 Å². The predicted molar refractivity (Wildman–Crippen MR) is 135 cm³/mol. The maximum absolute atomic E-state index is 13.1. The van der Waals surface area contributed by atoms with Gasteiger partial charge in [-0.3, -0.25) is 9.20 Å². The summed E-state index contributed by atoms with van der Waals surface area (Å²) < 4.78 is 18.5. The van der Waals surface area contributed by atoms with Crippen molar-refractivity contribution in [2.45, 2.75) is 20.4 Å². The number of ether oxygens (including phenoxy) is 3. The number of anilines is 1. The Morgan fingerprint density at radius 3 is 2.86 bits per heavy atom. The number of pyridine rings is 2. The zero-order valence-electron chi connectivity index (χ0n) is 19.4. The summed E-state index contributed by atoms with van der Waals surface area (Å²) in [4.78, 5) is 21.0. The number of nitrogens with zero attached hydrogens (tertiary/aromatic N) is 2. The molecule has 0 saturated carbocycles. The van der Waals surface area contributed by atoms with Crippen molar-refractivity contribution < 1.29 is 14.2 Å². The van der Waals surface area contributed by atoms with Crippen LogP contribution < -0.4 is 25.1 Å². The van der Waals surface area contributed by atoms with E-state index < -0.39 is 0 Å². The van der Waals surface area contributed by atoms with Gasteiger partial charge < -0.3 is 24.5 Å². The van der Waals surface area contributed by atoms with Crippen LogP contribution in [0.4, 0.5) is 5.82 Å². The van der Waals surface area contributed by atoms with Crippen LogP contribution >= 0.6 is 0 Å². The maximum atomic E-state index is 13.1. The van der Waals surface area contributed by atoms with Crippen LogP contribution in [0.3, 0.4) is 0 Å². The number of fused-ring (bicyclic) bond motifs is 3. The van der Waals surface area contributed by atoms with Crippen molar-refractivity contribution in [1.29, 1.82) is 0 Å².